The highest BCUT2D eigenvalue weighted by molar-refractivity contribution is 7.27. The van der Waals surface area contributed by atoms with Crippen LogP contribution in [0.3, 0.4) is 0 Å². The highest BCUT2D eigenvalue weighted by atomic mass is 32.1. The molecule has 0 unspecified atom stereocenters. The third-order valence-corrected chi connectivity index (χ3v) is 33.2. The van der Waals surface area contributed by atoms with Gasteiger partial charge < -0.3 is 13.7 Å². The lowest BCUT2D eigenvalue weighted by Crippen LogP contribution is -1.94. The molecule has 140 heavy (non-hydrogen) atoms. The average molecular weight is 1830 g/mol. The van der Waals surface area contributed by atoms with Gasteiger partial charge in [-0.1, -0.05) is 370 Å². The Bertz CT molecular complexity index is 10600. The summed E-state index contributed by atoms with van der Waals surface area (Å²) in [6, 6.07) is 181. The first kappa shape index (κ1) is 80.0. The van der Waals surface area contributed by atoms with Crippen LogP contribution in [0.15, 0.2) is 491 Å². The summed E-state index contributed by atoms with van der Waals surface area (Å²) >= 11 is 5.67. The first-order valence-electron chi connectivity index (χ1n) is 48.1. The second-order valence-electron chi connectivity index (χ2n) is 37.1. The zero-order chi connectivity index (χ0) is 91.7. The lowest BCUT2D eigenvalue weighted by atomic mass is 9.90. The van der Waals surface area contributed by atoms with Crippen LogP contribution in [-0.2, 0) is 0 Å². The van der Waals surface area contributed by atoms with Crippen molar-refractivity contribution in [3.8, 4) is 83.8 Å². The molecule has 6 heteroatoms. The van der Waals surface area contributed by atoms with Gasteiger partial charge in [-0.05, 0) is 263 Å². The molecule has 0 aliphatic carbocycles. The van der Waals surface area contributed by atoms with Crippen LogP contribution in [-0.4, -0.2) is 13.7 Å². The Balaban J connectivity index is 0.000000101. The second kappa shape index (κ2) is 32.2. The van der Waals surface area contributed by atoms with E-state index in [2.05, 4.69) is 505 Å². The predicted octanol–water partition coefficient (Wildman–Crippen LogP) is 39.0. The number of thiophene rings is 3. The van der Waals surface area contributed by atoms with Crippen LogP contribution >= 0.6 is 34.0 Å². The number of hydrogen-bond donors (Lipinski definition) is 0. The normalized spacial score (nSPS) is 12.0. The Morgan fingerprint density at radius 2 is 0.429 bits per heavy atom. The fourth-order valence-corrected chi connectivity index (χ4v) is 26.9. The van der Waals surface area contributed by atoms with E-state index >= 15 is 0 Å². The van der Waals surface area contributed by atoms with Gasteiger partial charge in [0, 0.05) is 110 Å². The summed E-state index contributed by atoms with van der Waals surface area (Å²) in [5, 5.41) is 33.8. The molecule has 0 saturated carbocycles. The molecule has 0 radical (unpaired) electrons. The molecule has 0 fully saturated rings. The van der Waals surface area contributed by atoms with E-state index in [4.69, 9.17) is 0 Å². The van der Waals surface area contributed by atoms with Crippen molar-refractivity contribution in [3.05, 3.63) is 491 Å². The maximum Gasteiger partial charge on any atom is 0.0541 e. The lowest BCUT2D eigenvalue weighted by molar-refractivity contribution is 1.18. The monoisotopic (exact) mass is 1830 g/mol. The third-order valence-electron chi connectivity index (χ3n) is 29.5. The molecule has 6 aromatic heterocycles. The average Bonchev–Trinajstić information content (AvgIpc) is 1.64. The van der Waals surface area contributed by atoms with Crippen molar-refractivity contribution < 1.29 is 0 Å². The van der Waals surface area contributed by atoms with E-state index in [0.29, 0.717) is 0 Å². The Labute approximate surface area is 817 Å². The van der Waals surface area contributed by atoms with Crippen molar-refractivity contribution in [1.29, 1.82) is 0 Å². The van der Waals surface area contributed by atoms with Gasteiger partial charge in [-0.15, -0.1) is 34.0 Å². The van der Waals surface area contributed by atoms with Gasteiger partial charge >= 0.3 is 0 Å². The Morgan fingerprint density at radius 3 is 0.871 bits per heavy atom. The Hall–Kier alpha value is -17.4. The van der Waals surface area contributed by atoms with Crippen LogP contribution in [0.5, 0.6) is 0 Å². The van der Waals surface area contributed by atoms with Crippen LogP contribution in [0.1, 0.15) is 0 Å². The lowest BCUT2D eigenvalue weighted by Gasteiger charge is -2.15. The molecule has 0 aliphatic rings. The number of benzene rings is 25. The summed E-state index contributed by atoms with van der Waals surface area (Å²) in [5.74, 6) is 0. The maximum atomic E-state index is 2.44. The minimum absolute atomic E-state index is 1.17. The smallest absolute Gasteiger partial charge is 0.0541 e. The number of para-hydroxylation sites is 3. The van der Waals surface area contributed by atoms with Crippen molar-refractivity contribution >= 4 is 235 Å². The molecule has 650 valence electrons. The van der Waals surface area contributed by atoms with Crippen LogP contribution in [0.4, 0.5) is 0 Å². The van der Waals surface area contributed by atoms with Crippen LogP contribution in [0, 0.1) is 0 Å². The summed E-state index contributed by atoms with van der Waals surface area (Å²) in [6.07, 6.45) is 0. The van der Waals surface area contributed by atoms with E-state index in [-0.39, 0.29) is 0 Å². The Morgan fingerprint density at radius 1 is 0.129 bits per heavy atom. The molecule has 0 saturated heterocycles. The van der Waals surface area contributed by atoms with E-state index < -0.39 is 0 Å². The van der Waals surface area contributed by atoms with E-state index in [1.807, 2.05) is 34.0 Å². The van der Waals surface area contributed by atoms with Gasteiger partial charge in [0.25, 0.3) is 0 Å². The van der Waals surface area contributed by atoms with Gasteiger partial charge in [-0.2, -0.15) is 0 Å². The predicted molar refractivity (Wildman–Crippen MR) is 607 cm³/mol. The molecule has 0 bridgehead atoms. The number of nitrogens with zero attached hydrogens (tertiary/aromatic N) is 3. The molecule has 3 nitrogen and oxygen atoms in total. The molecule has 0 aliphatic heterocycles. The molecule has 25 aromatic carbocycles. The summed E-state index contributed by atoms with van der Waals surface area (Å²) < 4.78 is 15.3. The topological polar surface area (TPSA) is 14.8 Å². The van der Waals surface area contributed by atoms with Crippen LogP contribution in [0.25, 0.3) is 285 Å². The molecule has 0 amide bonds. The highest BCUT2D eigenvalue weighted by Gasteiger charge is 2.24. The summed E-state index contributed by atoms with van der Waals surface area (Å²) in [6.45, 7) is 0. The van der Waals surface area contributed by atoms with Gasteiger partial charge in [-0.3, -0.25) is 0 Å². The molecular weight excluding hydrogens is 1750 g/mol. The van der Waals surface area contributed by atoms with Crippen molar-refractivity contribution in [2.24, 2.45) is 0 Å². The van der Waals surface area contributed by atoms with Crippen molar-refractivity contribution in [2.75, 3.05) is 0 Å². The Kier molecular flexibility index (Phi) is 18.4. The van der Waals surface area contributed by atoms with Crippen LogP contribution < -0.4 is 0 Å². The molecular formula is C134H81N3S3. The maximum absolute atomic E-state index is 2.44. The van der Waals surface area contributed by atoms with Gasteiger partial charge in [0.15, 0.2) is 0 Å². The van der Waals surface area contributed by atoms with Crippen LogP contribution in [0.2, 0.25) is 0 Å². The molecule has 6 heterocycles. The first-order chi connectivity index (χ1) is 69.4. The number of aromatic nitrogens is 3. The number of hydrogen-bond acceptors (Lipinski definition) is 3. The summed E-state index contributed by atoms with van der Waals surface area (Å²) in [4.78, 5) is 0. The molecule has 31 rings (SSSR count). The zero-order valence-electron chi connectivity index (χ0n) is 75.8. The fraction of sp³-hybridized carbons (Fsp3) is 0. The molecule has 0 atom stereocenters. The van der Waals surface area contributed by atoms with Crippen molar-refractivity contribution in [1.82, 2.24) is 13.7 Å². The minimum Gasteiger partial charge on any atom is -0.309 e. The van der Waals surface area contributed by atoms with Crippen molar-refractivity contribution in [3.63, 3.8) is 0 Å². The standard InChI is InChI=1S/C46H27NS.2C44H27NS/c1-3-16-41-36(12-1)40-27-32(35-14-7-15-39-37-13-2-4-17-43(37)48-46(35)39)22-25-42(40)47(41)33-11-6-10-31(26-33)34-23-20-30-19-18-28-8-5-9-29-21-24-38(34)45(30)44(28)29;1-2-14-32-29(11-1)26-39(35-16-4-3-15-34(32)35)28-12-9-13-31(25-28)45-41-21-7-5-17-36(41)40-27-30(23-24-42(40)45)33-19-10-20-38-37-18-6-8-22-43(37)46-44(33)38;1-2-11-32-29(10-1)26-39(35-13-4-3-12-34(32)35)28-20-23-31(24-21-28)45-41-18-7-5-14-36(41)40-27-30(22-25-42(40)45)33-16-9-17-38-37-15-6-8-19-43(37)46-44(33)38/h1-27H;2*1-27H. The summed E-state index contributed by atoms with van der Waals surface area (Å²) in [5.41, 5.74) is 25.9. The van der Waals surface area contributed by atoms with E-state index in [0.717, 1.165) is 0 Å². The highest BCUT2D eigenvalue weighted by Crippen LogP contribution is 2.50. The van der Waals surface area contributed by atoms with Gasteiger partial charge in [0.2, 0.25) is 0 Å². The van der Waals surface area contributed by atoms with Gasteiger partial charge in [0.05, 0.1) is 33.1 Å². The molecule has 0 N–H and O–H groups in total. The van der Waals surface area contributed by atoms with E-state index in [1.54, 1.807) is 0 Å². The first-order valence-corrected chi connectivity index (χ1v) is 50.5. The minimum atomic E-state index is 1.17. The van der Waals surface area contributed by atoms with Crippen molar-refractivity contribution in [2.45, 2.75) is 0 Å². The number of fused-ring (bicyclic) bond motifs is 24. The second-order valence-corrected chi connectivity index (χ2v) is 40.2. The van der Waals surface area contributed by atoms with Gasteiger partial charge in [-0.25, -0.2) is 0 Å². The zero-order valence-corrected chi connectivity index (χ0v) is 78.3. The largest absolute Gasteiger partial charge is 0.309 e. The van der Waals surface area contributed by atoms with E-state index in [9.17, 15) is 0 Å². The third kappa shape index (κ3) is 12.7. The molecule has 0 spiro atoms. The fourth-order valence-electron chi connectivity index (χ4n) is 23.2. The SMILES string of the molecule is c1cc(-c2cc3ccccc3c3ccccc23)cc(-n2c3ccccc3c3cc(-c4cccc5c4sc4ccccc45)ccc32)c1.c1cc(-c2ccc3ccc4cccc5ccc2c3c45)cc(-n2c3ccccc3c3cc(-c4cccc5c4sc4ccccc45)ccc32)c1.c1ccc2c(c1)cc(-c1ccc(-n3c4ccccc4c4cc(-c5cccc6c5sc5ccccc56)ccc43)cc1)c1ccccc12. The molecule has 31 aromatic rings. The quantitative estimate of drug-likeness (QED) is 0.128. The van der Waals surface area contributed by atoms with E-state index in [1.165, 1.54) is 285 Å². The number of rotatable bonds is 9. The summed E-state index contributed by atoms with van der Waals surface area (Å²) in [7, 11) is 0. The van der Waals surface area contributed by atoms with Gasteiger partial charge in [0.1, 0.15) is 0 Å².